The van der Waals surface area contributed by atoms with Crippen LogP contribution in [0.5, 0.6) is 0 Å². The monoisotopic (exact) mass is 266 g/mol. The van der Waals surface area contributed by atoms with Crippen LogP contribution in [0.15, 0.2) is 0 Å². The zero-order valence-electron chi connectivity index (χ0n) is 11.4. The molecule has 0 bridgehead atoms. The van der Waals surface area contributed by atoms with Crippen molar-refractivity contribution < 1.29 is 9.90 Å². The molecular formula is C13H22N4O2. The number of H-pyrrole nitrogens is 1. The lowest BCUT2D eigenvalue weighted by atomic mass is 9.87. The fourth-order valence-electron chi connectivity index (χ4n) is 2.51. The molecule has 0 aromatic carbocycles. The lowest BCUT2D eigenvalue weighted by molar-refractivity contribution is 0.0866. The Bertz CT molecular complexity index is 419. The maximum atomic E-state index is 11.9. The number of carbonyl (C=O) groups is 1. The van der Waals surface area contributed by atoms with Crippen molar-refractivity contribution >= 4 is 5.91 Å². The minimum Gasteiger partial charge on any atom is -0.393 e. The lowest BCUT2D eigenvalue weighted by Crippen LogP contribution is -2.33. The van der Waals surface area contributed by atoms with Crippen molar-refractivity contribution in [2.24, 2.45) is 5.92 Å². The number of carbonyl (C=O) groups excluding carboxylic acids is 1. The first kappa shape index (κ1) is 14.0. The second kappa shape index (κ2) is 6.65. The van der Waals surface area contributed by atoms with E-state index in [1.807, 2.05) is 0 Å². The largest absolute Gasteiger partial charge is 0.393 e. The highest BCUT2D eigenvalue weighted by Gasteiger charge is 2.21. The molecule has 1 amide bonds. The average molecular weight is 266 g/mol. The van der Waals surface area contributed by atoms with Crippen LogP contribution in [0.4, 0.5) is 0 Å². The van der Waals surface area contributed by atoms with Gasteiger partial charge in [0, 0.05) is 13.0 Å². The van der Waals surface area contributed by atoms with Gasteiger partial charge in [0.2, 0.25) is 5.82 Å². The first-order valence-corrected chi connectivity index (χ1v) is 7.06. The summed E-state index contributed by atoms with van der Waals surface area (Å²) < 4.78 is 0. The number of aliphatic hydroxyl groups is 1. The molecular weight excluding hydrogens is 244 g/mol. The molecule has 1 heterocycles. The van der Waals surface area contributed by atoms with Crippen LogP contribution in [0, 0.1) is 5.92 Å². The van der Waals surface area contributed by atoms with Gasteiger partial charge in [0.25, 0.3) is 5.91 Å². The Hall–Kier alpha value is -1.43. The normalized spacial score (nSPS) is 23.3. The third-order valence-electron chi connectivity index (χ3n) is 3.53. The van der Waals surface area contributed by atoms with E-state index in [1.54, 1.807) is 0 Å². The van der Waals surface area contributed by atoms with Crippen molar-refractivity contribution in [3.8, 4) is 0 Å². The van der Waals surface area contributed by atoms with E-state index in [4.69, 9.17) is 0 Å². The van der Waals surface area contributed by atoms with E-state index in [1.165, 1.54) is 0 Å². The number of hydrogen-bond donors (Lipinski definition) is 3. The molecule has 1 aliphatic carbocycles. The molecule has 1 aromatic rings. The third-order valence-corrected chi connectivity index (χ3v) is 3.53. The smallest absolute Gasteiger partial charge is 0.290 e. The molecule has 0 saturated heterocycles. The Morgan fingerprint density at radius 3 is 3.11 bits per heavy atom. The van der Waals surface area contributed by atoms with Gasteiger partial charge in [-0.3, -0.25) is 9.89 Å². The van der Waals surface area contributed by atoms with Gasteiger partial charge >= 0.3 is 0 Å². The molecule has 0 spiro atoms. The predicted molar refractivity (Wildman–Crippen MR) is 70.7 cm³/mol. The maximum Gasteiger partial charge on any atom is 0.290 e. The number of rotatable bonds is 5. The topological polar surface area (TPSA) is 90.9 Å². The van der Waals surface area contributed by atoms with Crippen LogP contribution in [-0.4, -0.2) is 38.8 Å². The number of aromatic amines is 1. The summed E-state index contributed by atoms with van der Waals surface area (Å²) in [7, 11) is 0. The fraction of sp³-hybridized carbons (Fsp3) is 0.769. The van der Waals surface area contributed by atoms with Crippen LogP contribution in [0.3, 0.4) is 0 Å². The summed E-state index contributed by atoms with van der Waals surface area (Å²) in [5, 5.41) is 19.1. The van der Waals surface area contributed by atoms with Crippen LogP contribution in [0.1, 0.15) is 55.5 Å². The lowest BCUT2D eigenvalue weighted by Gasteiger charge is -2.25. The van der Waals surface area contributed by atoms with Crippen molar-refractivity contribution in [2.75, 3.05) is 6.54 Å². The SMILES string of the molecule is CCCc1nc(C(=O)NCC2CCCC(O)C2)n[nH]1. The van der Waals surface area contributed by atoms with E-state index >= 15 is 0 Å². The van der Waals surface area contributed by atoms with Crippen LogP contribution in [0.25, 0.3) is 0 Å². The molecule has 2 atom stereocenters. The minimum absolute atomic E-state index is 0.208. The van der Waals surface area contributed by atoms with Gasteiger partial charge in [-0.25, -0.2) is 4.98 Å². The van der Waals surface area contributed by atoms with Crippen molar-refractivity contribution in [2.45, 2.75) is 51.6 Å². The van der Waals surface area contributed by atoms with Crippen LogP contribution in [-0.2, 0) is 6.42 Å². The molecule has 1 aromatic heterocycles. The quantitative estimate of drug-likeness (QED) is 0.742. The van der Waals surface area contributed by atoms with Crippen molar-refractivity contribution in [1.29, 1.82) is 0 Å². The van der Waals surface area contributed by atoms with Gasteiger partial charge in [-0.05, 0) is 31.6 Å². The fourth-order valence-corrected chi connectivity index (χ4v) is 2.51. The van der Waals surface area contributed by atoms with Gasteiger partial charge in [0.1, 0.15) is 5.82 Å². The molecule has 2 unspecified atom stereocenters. The minimum atomic E-state index is -0.237. The number of amides is 1. The summed E-state index contributed by atoms with van der Waals surface area (Å²) in [6.45, 7) is 2.64. The van der Waals surface area contributed by atoms with Gasteiger partial charge in [0.15, 0.2) is 0 Å². The Kier molecular flexibility index (Phi) is 4.90. The second-order valence-electron chi connectivity index (χ2n) is 5.25. The number of nitrogens with one attached hydrogen (secondary N) is 2. The number of nitrogens with zero attached hydrogens (tertiary/aromatic N) is 2. The van der Waals surface area contributed by atoms with E-state index < -0.39 is 0 Å². The molecule has 2 rings (SSSR count). The van der Waals surface area contributed by atoms with Crippen molar-refractivity contribution in [3.63, 3.8) is 0 Å². The molecule has 0 aliphatic heterocycles. The molecule has 1 fully saturated rings. The van der Waals surface area contributed by atoms with Crippen LogP contribution in [0.2, 0.25) is 0 Å². The number of aryl methyl sites for hydroxylation is 1. The number of aromatic nitrogens is 3. The summed E-state index contributed by atoms with van der Waals surface area (Å²) in [6, 6.07) is 0. The Morgan fingerprint density at radius 2 is 2.37 bits per heavy atom. The summed E-state index contributed by atoms with van der Waals surface area (Å²) in [4.78, 5) is 16.0. The summed E-state index contributed by atoms with van der Waals surface area (Å²) in [5.41, 5.74) is 0. The summed E-state index contributed by atoms with van der Waals surface area (Å²) in [6.07, 6.45) is 5.30. The van der Waals surface area contributed by atoms with Gasteiger partial charge in [-0.15, -0.1) is 5.10 Å². The first-order valence-electron chi connectivity index (χ1n) is 7.06. The second-order valence-corrected chi connectivity index (χ2v) is 5.25. The van der Waals surface area contributed by atoms with E-state index in [0.29, 0.717) is 12.5 Å². The van der Waals surface area contributed by atoms with Crippen molar-refractivity contribution in [1.82, 2.24) is 20.5 Å². The highest BCUT2D eigenvalue weighted by atomic mass is 16.3. The zero-order valence-corrected chi connectivity index (χ0v) is 11.4. The Balaban J connectivity index is 1.79. The summed E-state index contributed by atoms with van der Waals surface area (Å²) >= 11 is 0. The standard InChI is InChI=1S/C13H22N4O2/c1-2-4-11-15-12(17-16-11)13(19)14-8-9-5-3-6-10(18)7-9/h9-10,18H,2-8H2,1H3,(H,14,19)(H,15,16,17). The Labute approximate surface area is 113 Å². The highest BCUT2D eigenvalue weighted by molar-refractivity contribution is 5.90. The molecule has 6 nitrogen and oxygen atoms in total. The zero-order chi connectivity index (χ0) is 13.7. The number of hydrogen-bond acceptors (Lipinski definition) is 4. The van der Waals surface area contributed by atoms with Crippen LogP contribution >= 0.6 is 0 Å². The van der Waals surface area contributed by atoms with Crippen molar-refractivity contribution in [3.05, 3.63) is 11.6 Å². The first-order chi connectivity index (χ1) is 9.19. The average Bonchev–Trinajstić information content (AvgIpc) is 2.85. The molecule has 106 valence electrons. The molecule has 1 saturated carbocycles. The maximum absolute atomic E-state index is 11.9. The van der Waals surface area contributed by atoms with Crippen LogP contribution < -0.4 is 5.32 Å². The Morgan fingerprint density at radius 1 is 1.53 bits per heavy atom. The molecule has 6 heteroatoms. The van der Waals surface area contributed by atoms with E-state index in [9.17, 15) is 9.90 Å². The van der Waals surface area contributed by atoms with E-state index in [0.717, 1.165) is 44.3 Å². The van der Waals surface area contributed by atoms with E-state index in [-0.39, 0.29) is 17.8 Å². The third kappa shape index (κ3) is 4.02. The number of aliphatic hydroxyl groups excluding tert-OH is 1. The molecule has 0 radical (unpaired) electrons. The van der Waals surface area contributed by atoms with Gasteiger partial charge < -0.3 is 10.4 Å². The highest BCUT2D eigenvalue weighted by Crippen LogP contribution is 2.23. The summed E-state index contributed by atoms with van der Waals surface area (Å²) in [5.74, 6) is 1.08. The predicted octanol–water partition coefficient (Wildman–Crippen LogP) is 1.04. The van der Waals surface area contributed by atoms with Gasteiger partial charge in [-0.1, -0.05) is 13.3 Å². The molecule has 19 heavy (non-hydrogen) atoms. The molecule has 3 N–H and O–H groups in total. The van der Waals surface area contributed by atoms with Gasteiger partial charge in [-0.2, -0.15) is 0 Å². The van der Waals surface area contributed by atoms with Gasteiger partial charge in [0.05, 0.1) is 6.10 Å². The molecule has 1 aliphatic rings. The van der Waals surface area contributed by atoms with E-state index in [2.05, 4.69) is 27.4 Å².